The van der Waals surface area contributed by atoms with Gasteiger partial charge in [-0.05, 0) is 36.5 Å². The molecule has 0 aliphatic carbocycles. The molecule has 2 N–H and O–H groups in total. The molecule has 0 saturated heterocycles. The molecule has 0 rings (SSSR count). The summed E-state index contributed by atoms with van der Waals surface area (Å²) in [4.78, 5) is 18.9. The Morgan fingerprint density at radius 3 is 1.36 bits per heavy atom. The Labute approximate surface area is 88.5 Å². The summed E-state index contributed by atoms with van der Waals surface area (Å²) < 4.78 is 11.6. The van der Waals surface area contributed by atoms with Crippen molar-refractivity contribution >= 4 is 16.4 Å². The van der Waals surface area contributed by atoms with Crippen molar-refractivity contribution in [1.29, 1.82) is 0 Å². The van der Waals surface area contributed by atoms with Gasteiger partial charge in [0.2, 0.25) is 0 Å². The Bertz CT molecular complexity index is 185. The van der Waals surface area contributed by atoms with Crippen molar-refractivity contribution in [2.45, 2.75) is 40.0 Å². The Morgan fingerprint density at radius 1 is 0.929 bits per heavy atom. The molecule has 0 aliphatic rings. The van der Waals surface area contributed by atoms with Gasteiger partial charge >= 0.3 is 6.80 Å². The molecular formula is C9H23O3PS. The molecular weight excluding hydrogens is 219 g/mol. The fourth-order valence-corrected chi connectivity index (χ4v) is 9.19. The number of hydrogen-bond donors (Lipinski definition) is 2. The Morgan fingerprint density at radius 2 is 1.21 bits per heavy atom. The quantitative estimate of drug-likeness (QED) is 0.674. The molecule has 0 spiro atoms. The van der Waals surface area contributed by atoms with E-state index in [1.54, 1.807) is 0 Å². The number of hydrogen-bond acceptors (Lipinski definition) is 1. The van der Waals surface area contributed by atoms with Gasteiger partial charge in [-0.2, -0.15) is 0 Å². The minimum absolute atomic E-state index is 0.721. The van der Waals surface area contributed by atoms with Crippen LogP contribution < -0.4 is 0 Å². The van der Waals surface area contributed by atoms with E-state index in [1.807, 2.05) is 20.8 Å². The van der Waals surface area contributed by atoms with Gasteiger partial charge in [0.1, 0.15) is 0 Å². The average molecular weight is 242 g/mol. The van der Waals surface area contributed by atoms with Crippen LogP contribution in [-0.4, -0.2) is 27.0 Å². The third kappa shape index (κ3) is 3.58. The first-order valence-electron chi connectivity index (χ1n) is 5.25. The Hall–Kier alpha value is 0.500. The van der Waals surface area contributed by atoms with E-state index in [0.29, 0.717) is 0 Å². The second-order valence-corrected chi connectivity index (χ2v) is 11.6. The lowest BCUT2D eigenvalue weighted by Crippen LogP contribution is -2.13. The summed E-state index contributed by atoms with van der Waals surface area (Å²) in [6.07, 6.45) is 2.63. The minimum Gasteiger partial charge on any atom is -0.318 e. The molecule has 0 aliphatic heterocycles. The largest absolute Gasteiger partial charge is 0.366 e. The zero-order valence-corrected chi connectivity index (χ0v) is 11.1. The maximum Gasteiger partial charge on any atom is 0.366 e. The fourth-order valence-electron chi connectivity index (χ4n) is 1.80. The molecule has 0 bridgehead atoms. The molecule has 0 heterocycles. The lowest BCUT2D eigenvalue weighted by atomic mass is 10.6. The van der Waals surface area contributed by atoms with E-state index in [-0.39, 0.29) is 0 Å². The third-order valence-electron chi connectivity index (χ3n) is 2.26. The van der Waals surface area contributed by atoms with E-state index in [9.17, 15) is 14.4 Å². The van der Waals surface area contributed by atoms with Crippen LogP contribution in [-0.2, 0) is 4.57 Å². The van der Waals surface area contributed by atoms with Crippen molar-refractivity contribution in [2.75, 3.05) is 17.3 Å². The van der Waals surface area contributed by atoms with Gasteiger partial charge in [0.05, 0.1) is 0 Å². The molecule has 0 amide bonds. The maximum atomic E-state index is 11.6. The van der Waals surface area contributed by atoms with Gasteiger partial charge in [-0.25, -0.2) is 4.57 Å². The van der Waals surface area contributed by atoms with E-state index in [2.05, 4.69) is 0 Å². The molecule has 14 heavy (non-hydrogen) atoms. The van der Waals surface area contributed by atoms with Crippen molar-refractivity contribution in [1.82, 2.24) is 0 Å². The summed E-state index contributed by atoms with van der Waals surface area (Å²) in [5.41, 5.74) is 0. The molecule has 0 saturated carbocycles. The predicted octanol–water partition coefficient (Wildman–Crippen LogP) is 3.11. The lowest BCUT2D eigenvalue weighted by molar-refractivity contribution is 0.395. The first-order valence-corrected chi connectivity index (χ1v) is 9.61. The second-order valence-electron chi connectivity index (χ2n) is 3.60. The van der Waals surface area contributed by atoms with Crippen LogP contribution in [0.5, 0.6) is 0 Å². The van der Waals surface area contributed by atoms with Crippen molar-refractivity contribution in [3.63, 3.8) is 0 Å². The van der Waals surface area contributed by atoms with Crippen LogP contribution in [0.1, 0.15) is 40.0 Å². The van der Waals surface area contributed by atoms with E-state index >= 15 is 0 Å². The van der Waals surface area contributed by atoms with Gasteiger partial charge in [-0.1, -0.05) is 20.8 Å². The molecule has 0 aromatic carbocycles. The predicted molar refractivity (Wildman–Crippen MR) is 65.1 cm³/mol. The highest BCUT2D eigenvalue weighted by Gasteiger charge is 2.38. The first kappa shape index (κ1) is 14.5. The monoisotopic (exact) mass is 242 g/mol. The van der Waals surface area contributed by atoms with Crippen LogP contribution >= 0.6 is 16.4 Å². The first-order chi connectivity index (χ1) is 6.43. The maximum absolute atomic E-state index is 11.6. The molecule has 0 radical (unpaired) electrons. The summed E-state index contributed by atoms with van der Waals surface area (Å²) >= 11 is 0. The van der Waals surface area contributed by atoms with Gasteiger partial charge in [0.25, 0.3) is 0 Å². The smallest absolute Gasteiger partial charge is 0.318 e. The van der Waals surface area contributed by atoms with Crippen molar-refractivity contribution < 1.29 is 14.4 Å². The highest BCUT2D eigenvalue weighted by molar-refractivity contribution is 8.76. The van der Waals surface area contributed by atoms with Crippen molar-refractivity contribution in [3.05, 3.63) is 0 Å². The zero-order chi connectivity index (χ0) is 11.2. The van der Waals surface area contributed by atoms with Gasteiger partial charge in [-0.15, -0.1) is 9.65 Å². The van der Waals surface area contributed by atoms with E-state index in [4.69, 9.17) is 0 Å². The van der Waals surface area contributed by atoms with Crippen LogP contribution in [0.2, 0.25) is 0 Å². The Kier molecular flexibility index (Phi) is 6.38. The molecule has 3 nitrogen and oxygen atoms in total. The summed E-state index contributed by atoms with van der Waals surface area (Å²) in [6, 6.07) is 0. The van der Waals surface area contributed by atoms with Crippen LogP contribution in [0.3, 0.4) is 0 Å². The molecule has 0 aromatic rings. The van der Waals surface area contributed by atoms with Crippen molar-refractivity contribution in [3.8, 4) is 0 Å². The zero-order valence-electron chi connectivity index (χ0n) is 9.40. The second kappa shape index (κ2) is 6.16. The third-order valence-corrected chi connectivity index (χ3v) is 11.4. The summed E-state index contributed by atoms with van der Waals surface area (Å²) in [5.74, 6) is 2.16. The summed E-state index contributed by atoms with van der Waals surface area (Å²) in [6.45, 7) is 2.14. The van der Waals surface area contributed by atoms with E-state index < -0.39 is 16.4 Å². The van der Waals surface area contributed by atoms with E-state index in [1.165, 1.54) is 0 Å². The number of rotatable bonds is 7. The fraction of sp³-hybridized carbons (Fsp3) is 1.00. The van der Waals surface area contributed by atoms with Crippen LogP contribution in [0, 0.1) is 0 Å². The van der Waals surface area contributed by atoms with Gasteiger partial charge in [0, 0.05) is 0 Å². The standard InChI is InChI=1S/C9H23O3PS/c1-4-7-14(8-5-2,9-6-3)13(10,11)12/h4-9H2,1-3H3,(H2,10,11,12). The average Bonchev–Trinajstić information content (AvgIpc) is 2.03. The summed E-state index contributed by atoms with van der Waals surface area (Å²) in [7, 11) is -1.70. The van der Waals surface area contributed by atoms with Crippen LogP contribution in [0.4, 0.5) is 0 Å². The van der Waals surface area contributed by atoms with Crippen molar-refractivity contribution in [2.24, 2.45) is 0 Å². The molecule has 5 heteroatoms. The molecule has 0 aromatic heterocycles. The van der Waals surface area contributed by atoms with E-state index in [0.717, 1.165) is 36.5 Å². The SMILES string of the molecule is CCCS(CCC)(CCC)P(=O)(O)O. The lowest BCUT2D eigenvalue weighted by Gasteiger charge is -2.39. The molecule has 88 valence electrons. The molecule has 0 atom stereocenters. The normalized spacial score (nSPS) is 14.4. The Balaban J connectivity index is 4.83. The van der Waals surface area contributed by atoms with Crippen LogP contribution in [0.25, 0.3) is 0 Å². The van der Waals surface area contributed by atoms with Gasteiger partial charge in [-0.3, -0.25) is 0 Å². The molecule has 0 fully saturated rings. The van der Waals surface area contributed by atoms with Crippen LogP contribution in [0.15, 0.2) is 0 Å². The molecule has 0 unspecified atom stereocenters. The highest BCUT2D eigenvalue weighted by atomic mass is 32.8. The minimum atomic E-state index is -3.87. The van der Waals surface area contributed by atoms with Gasteiger partial charge < -0.3 is 9.79 Å². The highest BCUT2D eigenvalue weighted by Crippen LogP contribution is 2.77. The van der Waals surface area contributed by atoms with Gasteiger partial charge in [0.15, 0.2) is 0 Å². The summed E-state index contributed by atoms with van der Waals surface area (Å²) in [5, 5.41) is 0. The topological polar surface area (TPSA) is 57.5 Å².